The maximum Gasteiger partial charge on any atom is 0.282 e. The number of carbonyl (C=O) groups excluding carboxylic acids is 1. The van der Waals surface area contributed by atoms with Gasteiger partial charge in [0, 0.05) is 11.6 Å². The van der Waals surface area contributed by atoms with Crippen LogP contribution in [0.1, 0.15) is 11.1 Å². The molecule has 8 heteroatoms. The van der Waals surface area contributed by atoms with Crippen LogP contribution in [0.15, 0.2) is 83.5 Å². The van der Waals surface area contributed by atoms with Crippen LogP contribution in [-0.2, 0) is 4.79 Å². The number of nitro groups is 1. The third kappa shape index (κ3) is 3.93. The van der Waals surface area contributed by atoms with E-state index in [-0.39, 0.29) is 23.0 Å². The second-order valence-electron chi connectivity index (χ2n) is 6.86. The van der Waals surface area contributed by atoms with Crippen molar-refractivity contribution in [2.24, 2.45) is 4.99 Å². The quantitative estimate of drug-likeness (QED) is 0.328. The van der Waals surface area contributed by atoms with Crippen molar-refractivity contribution in [2.45, 2.75) is 0 Å². The van der Waals surface area contributed by atoms with E-state index in [1.54, 1.807) is 25.3 Å². The minimum absolute atomic E-state index is 0.135. The number of carbonyl (C=O) groups is 1. The van der Waals surface area contributed by atoms with E-state index in [1.165, 1.54) is 30.2 Å². The molecule has 1 amide bonds. The monoisotopic (exact) mass is 429 g/mol. The topological polar surface area (TPSA) is 94.3 Å². The second-order valence-corrected chi connectivity index (χ2v) is 6.86. The molecule has 0 spiro atoms. The molecular formula is C24H19N3O5. The van der Waals surface area contributed by atoms with Gasteiger partial charge in [-0.15, -0.1) is 0 Å². The lowest BCUT2D eigenvalue weighted by Gasteiger charge is -2.20. The number of aliphatic imine (C=N–C) groups is 1. The molecule has 0 saturated carbocycles. The Balaban J connectivity index is 1.82. The predicted octanol–water partition coefficient (Wildman–Crippen LogP) is 4.45. The first-order valence-electron chi connectivity index (χ1n) is 9.68. The molecule has 1 heterocycles. The Hall–Kier alpha value is -4.46. The molecule has 4 rings (SSSR count). The second kappa shape index (κ2) is 8.73. The largest absolute Gasteiger partial charge is 0.497 e. The lowest BCUT2D eigenvalue weighted by Crippen LogP contribution is -2.33. The molecule has 32 heavy (non-hydrogen) atoms. The van der Waals surface area contributed by atoms with Crippen LogP contribution in [0.5, 0.6) is 11.5 Å². The SMILES string of the molecule is COc1ccc(/C=C2\N=C(c3ccccc3)N(c3ccc([N+](=O)[O-])cc3OC)C2=O)cc1. The van der Waals surface area contributed by atoms with Crippen molar-refractivity contribution in [1.82, 2.24) is 0 Å². The van der Waals surface area contributed by atoms with E-state index < -0.39 is 4.92 Å². The Morgan fingerprint density at radius 2 is 1.69 bits per heavy atom. The summed E-state index contributed by atoms with van der Waals surface area (Å²) in [5, 5.41) is 11.2. The molecule has 0 radical (unpaired) electrons. The molecule has 3 aromatic rings. The number of nitro benzene ring substituents is 1. The Kier molecular flexibility index (Phi) is 5.67. The van der Waals surface area contributed by atoms with E-state index in [4.69, 9.17) is 9.47 Å². The van der Waals surface area contributed by atoms with Gasteiger partial charge in [-0.1, -0.05) is 42.5 Å². The molecular weight excluding hydrogens is 410 g/mol. The first-order chi connectivity index (χ1) is 15.5. The van der Waals surface area contributed by atoms with Crippen molar-refractivity contribution in [3.63, 3.8) is 0 Å². The maximum atomic E-state index is 13.4. The molecule has 0 unspecified atom stereocenters. The molecule has 1 aliphatic heterocycles. The molecule has 1 aliphatic rings. The van der Waals surface area contributed by atoms with E-state index in [9.17, 15) is 14.9 Å². The molecule has 0 fully saturated rings. The van der Waals surface area contributed by atoms with Gasteiger partial charge in [0.15, 0.2) is 0 Å². The highest BCUT2D eigenvalue weighted by Crippen LogP contribution is 2.36. The third-order valence-electron chi connectivity index (χ3n) is 4.93. The molecule has 0 bridgehead atoms. The van der Waals surface area contributed by atoms with Crippen molar-refractivity contribution in [1.29, 1.82) is 0 Å². The number of anilines is 1. The van der Waals surface area contributed by atoms with Crippen LogP contribution in [0, 0.1) is 10.1 Å². The normalized spacial score (nSPS) is 14.4. The van der Waals surface area contributed by atoms with E-state index in [0.717, 1.165) is 11.1 Å². The van der Waals surface area contributed by atoms with Gasteiger partial charge < -0.3 is 9.47 Å². The van der Waals surface area contributed by atoms with Crippen molar-refractivity contribution in [2.75, 3.05) is 19.1 Å². The third-order valence-corrected chi connectivity index (χ3v) is 4.93. The van der Waals surface area contributed by atoms with E-state index in [0.29, 0.717) is 17.3 Å². The van der Waals surface area contributed by atoms with Crippen LogP contribution in [0.3, 0.4) is 0 Å². The van der Waals surface area contributed by atoms with Gasteiger partial charge in [0.1, 0.15) is 23.0 Å². The Labute approximate surface area is 184 Å². The van der Waals surface area contributed by atoms with Gasteiger partial charge in [-0.25, -0.2) is 4.99 Å². The number of amides is 1. The van der Waals surface area contributed by atoms with Crippen LogP contribution >= 0.6 is 0 Å². The number of benzene rings is 3. The highest BCUT2D eigenvalue weighted by molar-refractivity contribution is 6.33. The van der Waals surface area contributed by atoms with E-state index in [1.807, 2.05) is 42.5 Å². The molecule has 0 aromatic heterocycles. The van der Waals surface area contributed by atoms with Gasteiger partial charge in [0.05, 0.1) is 30.9 Å². The lowest BCUT2D eigenvalue weighted by molar-refractivity contribution is -0.384. The molecule has 160 valence electrons. The minimum Gasteiger partial charge on any atom is -0.497 e. The molecule has 3 aromatic carbocycles. The fourth-order valence-electron chi connectivity index (χ4n) is 3.34. The zero-order valence-electron chi connectivity index (χ0n) is 17.4. The summed E-state index contributed by atoms with van der Waals surface area (Å²) in [6.45, 7) is 0. The van der Waals surface area contributed by atoms with Gasteiger partial charge in [0.2, 0.25) is 0 Å². The van der Waals surface area contributed by atoms with Gasteiger partial charge >= 0.3 is 0 Å². The highest BCUT2D eigenvalue weighted by atomic mass is 16.6. The van der Waals surface area contributed by atoms with Gasteiger partial charge in [-0.3, -0.25) is 19.8 Å². The van der Waals surface area contributed by atoms with Crippen molar-refractivity contribution < 1.29 is 19.2 Å². The number of rotatable bonds is 6. The van der Waals surface area contributed by atoms with Crippen molar-refractivity contribution in [3.8, 4) is 11.5 Å². The predicted molar refractivity (Wildman–Crippen MR) is 121 cm³/mol. The summed E-state index contributed by atoms with van der Waals surface area (Å²) in [6, 6.07) is 20.6. The number of non-ortho nitro benzene ring substituents is 1. The first-order valence-corrected chi connectivity index (χ1v) is 9.68. The van der Waals surface area contributed by atoms with Gasteiger partial charge in [-0.05, 0) is 29.8 Å². The van der Waals surface area contributed by atoms with Gasteiger partial charge in [0.25, 0.3) is 11.6 Å². The summed E-state index contributed by atoms with van der Waals surface area (Å²) in [6.07, 6.45) is 1.68. The standard InChI is InChI=1S/C24H19N3O5/c1-31-19-11-8-16(9-12-19)14-20-24(28)26(23(25-20)17-6-4-3-5-7-17)21-13-10-18(27(29)30)15-22(21)32-2/h3-15H,1-2H3/b20-14-. The average molecular weight is 429 g/mol. The maximum absolute atomic E-state index is 13.4. The fourth-order valence-corrected chi connectivity index (χ4v) is 3.34. The summed E-state index contributed by atoms with van der Waals surface area (Å²) >= 11 is 0. The number of ether oxygens (including phenoxy) is 2. The molecule has 0 N–H and O–H groups in total. The summed E-state index contributed by atoms with van der Waals surface area (Å²) in [7, 11) is 2.98. The Morgan fingerprint density at radius 3 is 2.31 bits per heavy atom. The summed E-state index contributed by atoms with van der Waals surface area (Å²) < 4.78 is 10.6. The summed E-state index contributed by atoms with van der Waals surface area (Å²) in [5.74, 6) is 0.937. The molecule has 8 nitrogen and oxygen atoms in total. The number of hydrogen-bond acceptors (Lipinski definition) is 6. The van der Waals surface area contributed by atoms with Crippen LogP contribution in [0.2, 0.25) is 0 Å². The summed E-state index contributed by atoms with van der Waals surface area (Å²) in [4.78, 5) is 30.1. The molecule has 0 aliphatic carbocycles. The number of hydrogen-bond donors (Lipinski definition) is 0. The van der Waals surface area contributed by atoms with Crippen LogP contribution in [0.4, 0.5) is 11.4 Å². The van der Waals surface area contributed by atoms with Crippen LogP contribution in [-0.4, -0.2) is 30.9 Å². The molecule has 0 saturated heterocycles. The van der Waals surface area contributed by atoms with Gasteiger partial charge in [-0.2, -0.15) is 0 Å². The first kappa shape index (κ1) is 20.8. The van der Waals surface area contributed by atoms with E-state index >= 15 is 0 Å². The van der Waals surface area contributed by atoms with E-state index in [2.05, 4.69) is 4.99 Å². The number of amidine groups is 1. The lowest BCUT2D eigenvalue weighted by atomic mass is 10.1. The zero-order chi connectivity index (χ0) is 22.7. The summed E-state index contributed by atoms with van der Waals surface area (Å²) in [5.41, 5.74) is 1.96. The zero-order valence-corrected chi connectivity index (χ0v) is 17.4. The van der Waals surface area contributed by atoms with Crippen molar-refractivity contribution >= 4 is 29.2 Å². The molecule has 0 atom stereocenters. The minimum atomic E-state index is -0.515. The number of methoxy groups -OCH3 is 2. The Bertz CT molecular complexity index is 1230. The number of nitrogens with zero attached hydrogens (tertiary/aromatic N) is 3. The highest BCUT2D eigenvalue weighted by Gasteiger charge is 2.34. The van der Waals surface area contributed by atoms with Crippen LogP contribution < -0.4 is 14.4 Å². The Morgan fingerprint density at radius 1 is 0.969 bits per heavy atom. The van der Waals surface area contributed by atoms with Crippen LogP contribution in [0.25, 0.3) is 6.08 Å². The fraction of sp³-hybridized carbons (Fsp3) is 0.0833. The van der Waals surface area contributed by atoms with Crippen molar-refractivity contribution in [3.05, 3.63) is 99.7 Å². The average Bonchev–Trinajstić information content (AvgIpc) is 3.15. The smallest absolute Gasteiger partial charge is 0.282 e.